The fourth-order valence-electron chi connectivity index (χ4n) is 2.68. The van der Waals surface area contributed by atoms with Gasteiger partial charge in [0.15, 0.2) is 5.96 Å². The smallest absolute Gasteiger partial charge is 0.350 e. The van der Waals surface area contributed by atoms with Crippen molar-refractivity contribution in [3.05, 3.63) is 15.6 Å². The number of esters is 1. The van der Waals surface area contributed by atoms with Crippen LogP contribution in [-0.4, -0.2) is 74.7 Å². The molecule has 1 aromatic rings. The van der Waals surface area contributed by atoms with Crippen molar-refractivity contribution in [2.24, 2.45) is 10.9 Å². The normalized spacial score (nSPS) is 17.7. The molecule has 0 aromatic carbocycles. The Morgan fingerprint density at radius 3 is 2.83 bits per heavy atom. The summed E-state index contributed by atoms with van der Waals surface area (Å²) in [6.07, 6.45) is 1.00. The number of carbonyl (C=O) groups is 2. The van der Waals surface area contributed by atoms with Crippen LogP contribution < -0.4 is 10.6 Å². The summed E-state index contributed by atoms with van der Waals surface area (Å²) in [4.78, 5) is 34.9. The second-order valence-corrected chi connectivity index (χ2v) is 8.15. The number of nitrogens with one attached hydrogen (secondary N) is 2. The molecule has 162 valence electrons. The number of likely N-dealkylation sites (N-methyl/N-ethyl adjacent to an activating group) is 1. The Balaban J connectivity index is 2.07. The first kappa shape index (κ1) is 23.1. The summed E-state index contributed by atoms with van der Waals surface area (Å²) >= 11 is 1.30. The van der Waals surface area contributed by atoms with Crippen molar-refractivity contribution < 1.29 is 19.1 Å². The van der Waals surface area contributed by atoms with Crippen molar-refractivity contribution in [3.8, 4) is 0 Å². The van der Waals surface area contributed by atoms with E-state index < -0.39 is 0 Å². The maximum absolute atomic E-state index is 12.1. The van der Waals surface area contributed by atoms with E-state index in [0.717, 1.165) is 24.6 Å². The molecule has 0 radical (unpaired) electrons. The number of ether oxygens (including phenoxy) is 2. The number of nitrogens with zero attached hydrogens (tertiary/aromatic N) is 3. The molecule has 1 aliphatic rings. The zero-order chi connectivity index (χ0) is 21.4. The van der Waals surface area contributed by atoms with Gasteiger partial charge in [-0.2, -0.15) is 0 Å². The molecule has 29 heavy (non-hydrogen) atoms. The molecule has 1 saturated heterocycles. The molecule has 9 nitrogen and oxygen atoms in total. The van der Waals surface area contributed by atoms with E-state index in [1.54, 1.807) is 27.9 Å². The number of rotatable bonds is 8. The summed E-state index contributed by atoms with van der Waals surface area (Å²) < 4.78 is 10.5. The average Bonchev–Trinajstić information content (AvgIpc) is 3.33. The molecule has 2 rings (SSSR count). The summed E-state index contributed by atoms with van der Waals surface area (Å²) in [6.45, 7) is 8.08. The first-order valence-electron chi connectivity index (χ1n) is 9.79. The average molecular weight is 426 g/mol. The van der Waals surface area contributed by atoms with Crippen LogP contribution in [0.2, 0.25) is 0 Å². The van der Waals surface area contributed by atoms with Crippen LogP contribution in [0.15, 0.2) is 4.99 Å². The van der Waals surface area contributed by atoms with Gasteiger partial charge in [-0.3, -0.25) is 4.79 Å². The fourth-order valence-corrected chi connectivity index (χ4v) is 3.64. The van der Waals surface area contributed by atoms with Crippen molar-refractivity contribution in [3.63, 3.8) is 0 Å². The van der Waals surface area contributed by atoms with E-state index in [4.69, 9.17) is 9.47 Å². The summed E-state index contributed by atoms with van der Waals surface area (Å²) in [6, 6.07) is -0.192. The third-order valence-corrected chi connectivity index (χ3v) is 5.77. The van der Waals surface area contributed by atoms with Crippen molar-refractivity contribution in [1.29, 1.82) is 0 Å². The number of guanidine groups is 1. The Bertz CT molecular complexity index is 728. The van der Waals surface area contributed by atoms with Crippen LogP contribution in [0.3, 0.4) is 0 Å². The molecule has 1 amide bonds. The largest absolute Gasteiger partial charge is 0.462 e. The highest BCUT2D eigenvalue weighted by molar-refractivity contribution is 7.13. The molecule has 2 unspecified atom stereocenters. The molecule has 2 atom stereocenters. The Kier molecular flexibility index (Phi) is 8.84. The monoisotopic (exact) mass is 425 g/mol. The predicted octanol–water partition coefficient (Wildman–Crippen LogP) is 1.35. The molecule has 1 aromatic heterocycles. The Morgan fingerprint density at radius 2 is 2.21 bits per heavy atom. The zero-order valence-electron chi connectivity index (χ0n) is 17.8. The van der Waals surface area contributed by atoms with Crippen LogP contribution >= 0.6 is 11.3 Å². The summed E-state index contributed by atoms with van der Waals surface area (Å²) in [5.41, 5.74) is 0.648. The Hall–Kier alpha value is -2.20. The minimum absolute atomic E-state index is 0.0428. The lowest BCUT2D eigenvalue weighted by atomic mass is 10.1. The minimum Gasteiger partial charge on any atom is -0.462 e. The lowest BCUT2D eigenvalue weighted by Gasteiger charge is -2.19. The Labute approximate surface area is 175 Å². The molecule has 1 fully saturated rings. The van der Waals surface area contributed by atoms with Gasteiger partial charge in [0.05, 0.1) is 24.9 Å². The molecule has 10 heteroatoms. The van der Waals surface area contributed by atoms with E-state index in [2.05, 4.69) is 20.6 Å². The van der Waals surface area contributed by atoms with Crippen LogP contribution in [-0.2, 0) is 14.3 Å². The van der Waals surface area contributed by atoms with Gasteiger partial charge in [-0.05, 0) is 27.2 Å². The molecule has 0 spiro atoms. The van der Waals surface area contributed by atoms with Gasteiger partial charge >= 0.3 is 5.97 Å². The van der Waals surface area contributed by atoms with Crippen molar-refractivity contribution in [1.82, 2.24) is 20.5 Å². The van der Waals surface area contributed by atoms with E-state index in [9.17, 15) is 9.59 Å². The topological polar surface area (TPSA) is 105 Å². The lowest BCUT2D eigenvalue weighted by Crippen LogP contribution is -2.42. The number of amides is 1. The van der Waals surface area contributed by atoms with E-state index in [-0.39, 0.29) is 24.5 Å². The molecular weight excluding hydrogens is 394 g/mol. The fraction of sp³-hybridized carbons (Fsp3) is 0.684. The second kappa shape index (κ2) is 11.1. The zero-order valence-corrected chi connectivity index (χ0v) is 18.6. The second-order valence-electron chi connectivity index (χ2n) is 7.12. The molecule has 2 N–H and O–H groups in total. The van der Waals surface area contributed by atoms with E-state index in [0.29, 0.717) is 35.6 Å². The van der Waals surface area contributed by atoms with Crippen LogP contribution in [0.25, 0.3) is 0 Å². The predicted molar refractivity (Wildman–Crippen MR) is 112 cm³/mol. The van der Waals surface area contributed by atoms with Crippen LogP contribution in [0, 0.1) is 12.8 Å². The van der Waals surface area contributed by atoms with Gasteiger partial charge in [0.1, 0.15) is 16.4 Å². The molecule has 0 saturated carbocycles. The van der Waals surface area contributed by atoms with Crippen LogP contribution in [0.1, 0.15) is 46.7 Å². The first-order valence-corrected chi connectivity index (χ1v) is 10.6. The number of hydrogen-bond donors (Lipinski definition) is 2. The molecular formula is C19H31N5O4S. The number of aliphatic imine (C=N–C) groups is 1. The number of carbonyl (C=O) groups excluding carboxylic acids is 2. The number of hydrogen-bond acceptors (Lipinski definition) is 7. The highest BCUT2D eigenvalue weighted by Crippen LogP contribution is 2.24. The first-order chi connectivity index (χ1) is 13.8. The molecule has 0 bridgehead atoms. The van der Waals surface area contributed by atoms with Gasteiger partial charge in [0, 0.05) is 33.2 Å². The number of aromatic nitrogens is 1. The minimum atomic E-state index is -0.356. The van der Waals surface area contributed by atoms with Crippen molar-refractivity contribution >= 4 is 29.2 Å². The summed E-state index contributed by atoms with van der Waals surface area (Å²) in [7, 11) is 3.40. The van der Waals surface area contributed by atoms with Crippen LogP contribution in [0.5, 0.6) is 0 Å². The summed E-state index contributed by atoms with van der Waals surface area (Å²) in [5.74, 6) is 0.507. The van der Waals surface area contributed by atoms with Crippen molar-refractivity contribution in [2.45, 2.75) is 33.2 Å². The highest BCUT2D eigenvalue weighted by atomic mass is 32.1. The SMILES string of the molecule is CCOC(=O)c1sc(C(C)NC(=NCC(=O)N(C)C)NCC2CCOC2)nc1C. The quantitative estimate of drug-likeness (QED) is 0.368. The van der Waals surface area contributed by atoms with E-state index in [1.165, 1.54) is 16.2 Å². The Morgan fingerprint density at radius 1 is 1.45 bits per heavy atom. The number of thiazole rings is 1. The lowest BCUT2D eigenvalue weighted by molar-refractivity contribution is -0.127. The van der Waals surface area contributed by atoms with Gasteiger partial charge in [-0.1, -0.05) is 0 Å². The van der Waals surface area contributed by atoms with Gasteiger partial charge in [0.25, 0.3) is 0 Å². The van der Waals surface area contributed by atoms with Crippen LogP contribution in [0.4, 0.5) is 0 Å². The molecule has 0 aliphatic carbocycles. The maximum atomic E-state index is 12.1. The van der Waals surface area contributed by atoms with Crippen molar-refractivity contribution in [2.75, 3.05) is 47.0 Å². The van der Waals surface area contributed by atoms with E-state index >= 15 is 0 Å². The molecule has 1 aliphatic heterocycles. The summed E-state index contributed by atoms with van der Waals surface area (Å²) in [5, 5.41) is 7.33. The van der Waals surface area contributed by atoms with Gasteiger partial charge < -0.3 is 25.0 Å². The highest BCUT2D eigenvalue weighted by Gasteiger charge is 2.21. The standard InChI is InChI=1S/C19H31N5O4S/c1-6-28-18(26)16-12(2)22-17(29-16)13(3)23-19(21-10-15(25)24(4)5)20-9-14-7-8-27-11-14/h13-14H,6-11H2,1-5H3,(H2,20,21,23). The molecule has 2 heterocycles. The van der Waals surface area contributed by atoms with Gasteiger partial charge in [-0.15, -0.1) is 11.3 Å². The third kappa shape index (κ3) is 6.97. The van der Waals surface area contributed by atoms with Gasteiger partial charge in [0.2, 0.25) is 5.91 Å². The van der Waals surface area contributed by atoms with Gasteiger partial charge in [-0.25, -0.2) is 14.8 Å². The maximum Gasteiger partial charge on any atom is 0.350 e. The number of aryl methyl sites for hydroxylation is 1. The third-order valence-electron chi connectivity index (χ3n) is 4.45. The van der Waals surface area contributed by atoms with E-state index in [1.807, 2.05) is 6.92 Å².